The highest BCUT2D eigenvalue weighted by atomic mass is 15.2. The van der Waals surface area contributed by atoms with Crippen molar-refractivity contribution in [3.8, 4) is 11.3 Å². The maximum Gasteiger partial charge on any atom is 0.161 e. The van der Waals surface area contributed by atoms with Crippen LogP contribution in [0.2, 0.25) is 0 Å². The van der Waals surface area contributed by atoms with E-state index >= 15 is 0 Å². The normalized spacial score (nSPS) is 10.9. The monoisotopic (exact) mass is 339 g/mol. The highest BCUT2D eigenvalue weighted by molar-refractivity contribution is 6.01. The van der Waals surface area contributed by atoms with E-state index in [-0.39, 0.29) is 0 Å². The van der Waals surface area contributed by atoms with Crippen LogP contribution in [0.5, 0.6) is 0 Å². The Labute approximate surface area is 153 Å². The largest absolute Gasteiger partial charge is 0.338 e. The standard InChI is InChI=1S/C23H21N3/c1-15-13-16(2)21(17(3)14-15)24-23-20-12-8-7-11-19(20)22(25-26-23)18-9-5-4-6-10-18/h4-14H,1-3H3,(H,24,26). The summed E-state index contributed by atoms with van der Waals surface area (Å²) >= 11 is 0. The molecule has 0 unspecified atom stereocenters. The molecule has 1 N–H and O–H groups in total. The molecule has 0 atom stereocenters. The van der Waals surface area contributed by atoms with Gasteiger partial charge >= 0.3 is 0 Å². The number of rotatable bonds is 3. The molecule has 0 aliphatic rings. The molecule has 0 saturated carbocycles. The quantitative estimate of drug-likeness (QED) is 0.500. The van der Waals surface area contributed by atoms with Crippen LogP contribution in [0.25, 0.3) is 22.0 Å². The number of aryl methyl sites for hydroxylation is 3. The molecule has 1 aromatic heterocycles. The summed E-state index contributed by atoms with van der Waals surface area (Å²) in [5.74, 6) is 0.787. The lowest BCUT2D eigenvalue weighted by Crippen LogP contribution is -2.02. The van der Waals surface area contributed by atoms with Gasteiger partial charge in [0.15, 0.2) is 5.82 Å². The lowest BCUT2D eigenvalue weighted by atomic mass is 10.0. The van der Waals surface area contributed by atoms with Crippen LogP contribution in [0.3, 0.4) is 0 Å². The van der Waals surface area contributed by atoms with Crippen molar-refractivity contribution in [2.45, 2.75) is 20.8 Å². The second-order valence-corrected chi connectivity index (χ2v) is 6.71. The van der Waals surface area contributed by atoms with Gasteiger partial charge < -0.3 is 5.32 Å². The second kappa shape index (κ2) is 6.60. The van der Waals surface area contributed by atoms with Gasteiger partial charge in [-0.05, 0) is 31.9 Å². The summed E-state index contributed by atoms with van der Waals surface area (Å²) in [6.45, 7) is 6.36. The first-order valence-electron chi connectivity index (χ1n) is 8.79. The van der Waals surface area contributed by atoms with Crippen LogP contribution in [-0.4, -0.2) is 10.2 Å². The van der Waals surface area contributed by atoms with E-state index in [0.717, 1.165) is 33.5 Å². The molecule has 128 valence electrons. The van der Waals surface area contributed by atoms with E-state index in [1.165, 1.54) is 16.7 Å². The minimum absolute atomic E-state index is 0.787. The Kier molecular flexibility index (Phi) is 4.13. The second-order valence-electron chi connectivity index (χ2n) is 6.71. The summed E-state index contributed by atoms with van der Waals surface area (Å²) in [5, 5.41) is 14.7. The van der Waals surface area contributed by atoms with Crippen molar-refractivity contribution < 1.29 is 0 Å². The van der Waals surface area contributed by atoms with Crippen LogP contribution in [0.4, 0.5) is 11.5 Å². The average molecular weight is 339 g/mol. The number of nitrogens with zero attached hydrogens (tertiary/aromatic N) is 2. The number of nitrogens with one attached hydrogen (secondary N) is 1. The number of hydrogen-bond acceptors (Lipinski definition) is 3. The molecule has 26 heavy (non-hydrogen) atoms. The summed E-state index contributed by atoms with van der Waals surface area (Å²) in [5.41, 5.74) is 6.76. The first-order valence-corrected chi connectivity index (χ1v) is 8.79. The smallest absolute Gasteiger partial charge is 0.161 e. The van der Waals surface area contributed by atoms with E-state index in [1.807, 2.05) is 30.3 Å². The predicted octanol–water partition coefficient (Wildman–Crippen LogP) is 5.97. The van der Waals surface area contributed by atoms with Gasteiger partial charge in [-0.3, -0.25) is 0 Å². The number of aromatic nitrogens is 2. The van der Waals surface area contributed by atoms with E-state index in [4.69, 9.17) is 0 Å². The van der Waals surface area contributed by atoms with E-state index in [9.17, 15) is 0 Å². The highest BCUT2D eigenvalue weighted by Crippen LogP contribution is 2.32. The minimum Gasteiger partial charge on any atom is -0.338 e. The molecule has 0 radical (unpaired) electrons. The fraction of sp³-hybridized carbons (Fsp3) is 0.130. The molecule has 1 heterocycles. The third kappa shape index (κ3) is 2.92. The van der Waals surface area contributed by atoms with Crippen molar-refractivity contribution in [2.24, 2.45) is 0 Å². The van der Waals surface area contributed by atoms with Gasteiger partial charge in [0.2, 0.25) is 0 Å². The average Bonchev–Trinajstić information content (AvgIpc) is 2.65. The van der Waals surface area contributed by atoms with Crippen LogP contribution in [-0.2, 0) is 0 Å². The van der Waals surface area contributed by atoms with Gasteiger partial charge in [0.05, 0.1) is 0 Å². The van der Waals surface area contributed by atoms with E-state index in [1.54, 1.807) is 0 Å². The first kappa shape index (κ1) is 16.3. The summed E-state index contributed by atoms with van der Waals surface area (Å²) in [4.78, 5) is 0. The molecule has 4 rings (SSSR count). The lowest BCUT2D eigenvalue weighted by molar-refractivity contribution is 1.06. The molecule has 0 spiro atoms. The van der Waals surface area contributed by atoms with Gasteiger partial charge in [-0.1, -0.05) is 72.3 Å². The van der Waals surface area contributed by atoms with Crippen LogP contribution in [0.15, 0.2) is 66.7 Å². The van der Waals surface area contributed by atoms with Crippen molar-refractivity contribution in [1.29, 1.82) is 0 Å². The molecular formula is C23H21N3. The zero-order chi connectivity index (χ0) is 18.1. The Bertz CT molecular complexity index is 1060. The maximum absolute atomic E-state index is 4.54. The van der Waals surface area contributed by atoms with Crippen LogP contribution in [0, 0.1) is 20.8 Å². The van der Waals surface area contributed by atoms with E-state index in [2.05, 4.69) is 72.7 Å². The predicted molar refractivity (Wildman–Crippen MR) is 109 cm³/mol. The molecule has 0 fully saturated rings. The third-order valence-corrected chi connectivity index (χ3v) is 4.65. The number of anilines is 2. The zero-order valence-corrected chi connectivity index (χ0v) is 15.2. The molecule has 0 aliphatic heterocycles. The summed E-state index contributed by atoms with van der Waals surface area (Å²) in [6.07, 6.45) is 0. The van der Waals surface area contributed by atoms with Crippen molar-refractivity contribution in [2.75, 3.05) is 5.32 Å². The Hall–Kier alpha value is -3.20. The van der Waals surface area contributed by atoms with Crippen molar-refractivity contribution >= 4 is 22.3 Å². The summed E-state index contributed by atoms with van der Waals surface area (Å²) in [7, 11) is 0. The lowest BCUT2D eigenvalue weighted by Gasteiger charge is -2.15. The molecule has 0 amide bonds. The Morgan fingerprint density at radius 2 is 1.31 bits per heavy atom. The van der Waals surface area contributed by atoms with Crippen LogP contribution >= 0.6 is 0 Å². The van der Waals surface area contributed by atoms with E-state index in [0.29, 0.717) is 0 Å². The number of benzene rings is 3. The van der Waals surface area contributed by atoms with Crippen molar-refractivity contribution in [1.82, 2.24) is 10.2 Å². The fourth-order valence-corrected chi connectivity index (χ4v) is 3.50. The Balaban J connectivity index is 1.86. The van der Waals surface area contributed by atoms with Crippen LogP contribution < -0.4 is 5.32 Å². The van der Waals surface area contributed by atoms with Gasteiger partial charge in [0, 0.05) is 22.0 Å². The minimum atomic E-state index is 0.787. The third-order valence-electron chi connectivity index (χ3n) is 4.65. The highest BCUT2D eigenvalue weighted by Gasteiger charge is 2.12. The Morgan fingerprint density at radius 1 is 0.692 bits per heavy atom. The van der Waals surface area contributed by atoms with Gasteiger partial charge in [-0.2, -0.15) is 0 Å². The summed E-state index contributed by atoms with van der Waals surface area (Å²) in [6, 6.07) is 22.8. The SMILES string of the molecule is Cc1cc(C)c(Nc2nnc(-c3ccccc3)c3ccccc23)c(C)c1. The van der Waals surface area contributed by atoms with Gasteiger partial charge in [-0.25, -0.2) is 0 Å². The van der Waals surface area contributed by atoms with Gasteiger partial charge in [0.1, 0.15) is 5.69 Å². The molecule has 3 aromatic carbocycles. The number of hydrogen-bond donors (Lipinski definition) is 1. The molecule has 4 aromatic rings. The van der Waals surface area contributed by atoms with Crippen molar-refractivity contribution in [3.05, 3.63) is 83.4 Å². The van der Waals surface area contributed by atoms with Crippen LogP contribution in [0.1, 0.15) is 16.7 Å². The Morgan fingerprint density at radius 3 is 2.00 bits per heavy atom. The first-order chi connectivity index (χ1) is 12.6. The molecule has 3 nitrogen and oxygen atoms in total. The van der Waals surface area contributed by atoms with Crippen molar-refractivity contribution in [3.63, 3.8) is 0 Å². The molecule has 0 aliphatic carbocycles. The van der Waals surface area contributed by atoms with Gasteiger partial charge in [0.25, 0.3) is 0 Å². The van der Waals surface area contributed by atoms with Gasteiger partial charge in [-0.15, -0.1) is 10.2 Å². The molecule has 0 bridgehead atoms. The molecule has 3 heteroatoms. The van der Waals surface area contributed by atoms with E-state index < -0.39 is 0 Å². The molecular weight excluding hydrogens is 318 g/mol. The number of fused-ring (bicyclic) bond motifs is 1. The zero-order valence-electron chi connectivity index (χ0n) is 15.2. The topological polar surface area (TPSA) is 37.8 Å². The fourth-order valence-electron chi connectivity index (χ4n) is 3.50. The summed E-state index contributed by atoms with van der Waals surface area (Å²) < 4.78 is 0. The molecule has 0 saturated heterocycles. The maximum atomic E-state index is 4.54.